The molecule has 118 valence electrons. The number of benzene rings is 1. The number of hydrogen-bond acceptors (Lipinski definition) is 3. The molecule has 5 heteroatoms. The van der Waals surface area contributed by atoms with Gasteiger partial charge in [0.15, 0.2) is 0 Å². The third kappa shape index (κ3) is 3.30. The van der Waals surface area contributed by atoms with Crippen LogP contribution in [0.15, 0.2) is 30.5 Å². The predicted molar refractivity (Wildman–Crippen MR) is 83.4 cm³/mol. The Labute approximate surface area is 130 Å². The summed E-state index contributed by atoms with van der Waals surface area (Å²) in [5.74, 6) is 0.450. The average molecular weight is 303 g/mol. The number of ether oxygens (including phenoxy) is 1. The largest absolute Gasteiger partial charge is 0.492 e. The zero-order valence-electron chi connectivity index (χ0n) is 13.1. The van der Waals surface area contributed by atoms with Gasteiger partial charge in [-0.05, 0) is 50.5 Å². The number of nitrogens with one attached hydrogen (secondary N) is 1. The number of aryl methyl sites for hydroxylation is 1. The van der Waals surface area contributed by atoms with Gasteiger partial charge >= 0.3 is 0 Å². The van der Waals surface area contributed by atoms with E-state index in [4.69, 9.17) is 4.74 Å². The average Bonchev–Trinajstić information content (AvgIpc) is 2.90. The molecule has 1 aliphatic rings. The van der Waals surface area contributed by atoms with Gasteiger partial charge in [-0.15, -0.1) is 0 Å². The van der Waals surface area contributed by atoms with Crippen molar-refractivity contribution in [1.82, 2.24) is 15.1 Å². The summed E-state index contributed by atoms with van der Waals surface area (Å²) in [6.07, 6.45) is 5.37. The van der Waals surface area contributed by atoms with Crippen LogP contribution in [0.2, 0.25) is 0 Å². The van der Waals surface area contributed by atoms with E-state index in [0.29, 0.717) is 18.4 Å². The van der Waals surface area contributed by atoms with E-state index in [2.05, 4.69) is 17.3 Å². The van der Waals surface area contributed by atoms with E-state index in [9.17, 15) is 4.39 Å². The van der Waals surface area contributed by atoms with Gasteiger partial charge in [-0.1, -0.05) is 0 Å². The monoisotopic (exact) mass is 303 g/mol. The van der Waals surface area contributed by atoms with Crippen molar-refractivity contribution in [2.24, 2.45) is 7.05 Å². The fourth-order valence-corrected chi connectivity index (χ4v) is 3.02. The van der Waals surface area contributed by atoms with Crippen LogP contribution in [0.4, 0.5) is 4.39 Å². The lowest BCUT2D eigenvalue weighted by Crippen LogP contribution is -2.36. The number of aromatic nitrogens is 2. The van der Waals surface area contributed by atoms with Gasteiger partial charge in [-0.3, -0.25) is 4.68 Å². The van der Waals surface area contributed by atoms with E-state index >= 15 is 0 Å². The molecule has 0 unspecified atom stereocenters. The fourth-order valence-electron chi connectivity index (χ4n) is 3.02. The normalized spacial score (nSPS) is 18.8. The molecular formula is C17H22FN3O. The van der Waals surface area contributed by atoms with Gasteiger partial charge in [0.1, 0.15) is 18.2 Å². The maximum Gasteiger partial charge on any atom is 0.123 e. The molecule has 1 aromatic carbocycles. The van der Waals surface area contributed by atoms with Crippen LogP contribution in [0.25, 0.3) is 0 Å². The van der Waals surface area contributed by atoms with Crippen LogP contribution >= 0.6 is 0 Å². The van der Waals surface area contributed by atoms with E-state index in [1.807, 2.05) is 17.9 Å². The number of halogens is 1. The van der Waals surface area contributed by atoms with Gasteiger partial charge in [0.05, 0.1) is 6.20 Å². The Morgan fingerprint density at radius 1 is 1.41 bits per heavy atom. The topological polar surface area (TPSA) is 39.1 Å². The Hall–Kier alpha value is -1.88. The van der Waals surface area contributed by atoms with Crippen LogP contribution < -0.4 is 10.1 Å². The summed E-state index contributed by atoms with van der Waals surface area (Å²) in [5.41, 5.74) is 2.64. The first-order valence-corrected chi connectivity index (χ1v) is 7.78. The predicted octanol–water partition coefficient (Wildman–Crippen LogP) is 2.99. The summed E-state index contributed by atoms with van der Waals surface area (Å²) >= 11 is 0. The molecule has 4 nitrogen and oxygen atoms in total. The van der Waals surface area contributed by atoms with E-state index in [-0.39, 0.29) is 11.9 Å². The van der Waals surface area contributed by atoms with Crippen LogP contribution in [0, 0.1) is 5.82 Å². The van der Waals surface area contributed by atoms with E-state index in [1.54, 1.807) is 12.1 Å². The third-order valence-corrected chi connectivity index (χ3v) is 4.18. The molecule has 1 N–H and O–H groups in total. The Bertz CT molecular complexity index is 623. The lowest BCUT2D eigenvalue weighted by atomic mass is 9.92. The minimum absolute atomic E-state index is 0.209. The highest BCUT2D eigenvalue weighted by atomic mass is 19.1. The van der Waals surface area contributed by atoms with Crippen molar-refractivity contribution < 1.29 is 9.13 Å². The Balaban J connectivity index is 1.56. The van der Waals surface area contributed by atoms with E-state index < -0.39 is 0 Å². The fraction of sp³-hybridized carbons (Fsp3) is 0.471. The third-order valence-electron chi connectivity index (χ3n) is 4.18. The molecule has 0 saturated heterocycles. The van der Waals surface area contributed by atoms with Gasteiger partial charge in [-0.2, -0.15) is 5.10 Å². The maximum atomic E-state index is 12.9. The second kappa shape index (κ2) is 6.48. The van der Waals surface area contributed by atoms with Crippen molar-refractivity contribution >= 4 is 0 Å². The van der Waals surface area contributed by atoms with Gasteiger partial charge < -0.3 is 10.1 Å². The number of hydrogen-bond donors (Lipinski definition) is 1. The van der Waals surface area contributed by atoms with Gasteiger partial charge in [0.2, 0.25) is 0 Å². The standard InChI is InChI=1S/C17H22FN3O/c1-12(11-22-14-8-6-13(18)7-9-14)20-16-4-3-5-17-15(16)10-19-21(17)2/h6-10,12,16,20H,3-5,11H2,1-2H3/t12-,16-/m0/s1. The SMILES string of the molecule is C[C@@H](COc1ccc(F)cc1)N[C@H]1CCCc2c1cnn2C. The molecule has 0 spiro atoms. The first kappa shape index (κ1) is 15.0. The van der Waals surface area contributed by atoms with Crippen LogP contribution in [0.3, 0.4) is 0 Å². The summed E-state index contributed by atoms with van der Waals surface area (Å²) < 4.78 is 20.5. The second-order valence-corrected chi connectivity index (χ2v) is 5.95. The highest BCUT2D eigenvalue weighted by Gasteiger charge is 2.24. The first-order chi connectivity index (χ1) is 10.6. The summed E-state index contributed by atoms with van der Waals surface area (Å²) in [7, 11) is 2.00. The molecule has 1 aliphatic carbocycles. The maximum absolute atomic E-state index is 12.9. The lowest BCUT2D eigenvalue weighted by molar-refractivity contribution is 0.255. The molecule has 0 radical (unpaired) electrons. The molecule has 0 saturated carbocycles. The minimum Gasteiger partial charge on any atom is -0.492 e. The van der Waals surface area contributed by atoms with Crippen molar-refractivity contribution in [2.45, 2.75) is 38.3 Å². The molecule has 0 bridgehead atoms. The van der Waals surface area contributed by atoms with Gasteiger partial charge in [0, 0.05) is 30.4 Å². The molecule has 0 amide bonds. The molecule has 2 aromatic rings. The van der Waals surface area contributed by atoms with Crippen molar-refractivity contribution in [1.29, 1.82) is 0 Å². The molecule has 2 atom stereocenters. The molecular weight excluding hydrogens is 281 g/mol. The molecule has 1 heterocycles. The minimum atomic E-state index is -0.246. The van der Waals surface area contributed by atoms with E-state index in [0.717, 1.165) is 12.8 Å². The summed E-state index contributed by atoms with van der Waals surface area (Å²) in [4.78, 5) is 0. The van der Waals surface area contributed by atoms with Crippen LogP contribution in [0.5, 0.6) is 5.75 Å². The molecule has 0 aliphatic heterocycles. The second-order valence-electron chi connectivity index (χ2n) is 5.95. The highest BCUT2D eigenvalue weighted by molar-refractivity contribution is 5.25. The Kier molecular flexibility index (Phi) is 4.43. The van der Waals surface area contributed by atoms with Crippen LogP contribution in [-0.2, 0) is 13.5 Å². The highest BCUT2D eigenvalue weighted by Crippen LogP contribution is 2.29. The van der Waals surface area contributed by atoms with Crippen LogP contribution in [0.1, 0.15) is 37.1 Å². The lowest BCUT2D eigenvalue weighted by Gasteiger charge is -2.27. The summed E-state index contributed by atoms with van der Waals surface area (Å²) in [6.45, 7) is 2.66. The molecule has 1 aromatic heterocycles. The molecule has 0 fully saturated rings. The Morgan fingerprint density at radius 2 is 2.18 bits per heavy atom. The quantitative estimate of drug-likeness (QED) is 0.923. The molecule has 22 heavy (non-hydrogen) atoms. The van der Waals surface area contributed by atoms with Crippen molar-refractivity contribution in [3.63, 3.8) is 0 Å². The Morgan fingerprint density at radius 3 is 2.95 bits per heavy atom. The van der Waals surface area contributed by atoms with Crippen molar-refractivity contribution in [3.8, 4) is 5.75 Å². The number of nitrogens with zero attached hydrogens (tertiary/aromatic N) is 2. The smallest absolute Gasteiger partial charge is 0.123 e. The first-order valence-electron chi connectivity index (χ1n) is 7.78. The van der Waals surface area contributed by atoms with E-state index in [1.165, 1.54) is 29.8 Å². The summed E-state index contributed by atoms with van der Waals surface area (Å²) in [5, 5.41) is 7.99. The van der Waals surface area contributed by atoms with Crippen molar-refractivity contribution in [2.75, 3.05) is 6.61 Å². The van der Waals surface area contributed by atoms with Gasteiger partial charge in [-0.25, -0.2) is 4.39 Å². The van der Waals surface area contributed by atoms with Crippen LogP contribution in [-0.4, -0.2) is 22.4 Å². The summed E-state index contributed by atoms with van der Waals surface area (Å²) in [6, 6.07) is 6.68. The number of rotatable bonds is 5. The molecule has 3 rings (SSSR count). The number of fused-ring (bicyclic) bond motifs is 1. The zero-order valence-corrected chi connectivity index (χ0v) is 13.1. The zero-order chi connectivity index (χ0) is 15.5. The van der Waals surface area contributed by atoms with Crippen molar-refractivity contribution in [3.05, 3.63) is 47.5 Å². The van der Waals surface area contributed by atoms with Gasteiger partial charge in [0.25, 0.3) is 0 Å².